The first-order valence-corrected chi connectivity index (χ1v) is 6.07. The van der Waals surface area contributed by atoms with E-state index in [1.165, 1.54) is 10.5 Å². The Morgan fingerprint density at radius 2 is 2.06 bits per heavy atom. The van der Waals surface area contributed by atoms with Gasteiger partial charge in [-0.1, -0.05) is 11.6 Å². The molecule has 1 fully saturated rings. The van der Waals surface area contributed by atoms with Gasteiger partial charge < -0.3 is 5.32 Å². The molecule has 1 aliphatic rings. The number of carbonyl (C=O) groups is 1. The van der Waals surface area contributed by atoms with Gasteiger partial charge in [-0.15, -0.1) is 0 Å². The third kappa shape index (κ3) is 3.14. The van der Waals surface area contributed by atoms with Crippen LogP contribution >= 0.6 is 23.4 Å². The quantitative estimate of drug-likeness (QED) is 0.510. The molecular weight excluding hydrogens is 259 g/mol. The summed E-state index contributed by atoms with van der Waals surface area (Å²) < 4.78 is 1.53. The third-order valence-electron chi connectivity index (χ3n) is 2.50. The van der Waals surface area contributed by atoms with Gasteiger partial charge in [0.2, 0.25) is 0 Å². The molecule has 0 bridgehead atoms. The van der Waals surface area contributed by atoms with Crippen molar-refractivity contribution in [2.24, 2.45) is 0 Å². The Kier molecular flexibility index (Phi) is 3.92. The summed E-state index contributed by atoms with van der Waals surface area (Å²) in [6.45, 7) is 1.58. The number of benzene rings is 1. The molecule has 1 saturated heterocycles. The van der Waals surface area contributed by atoms with E-state index in [0.29, 0.717) is 16.4 Å². The number of hydrogen-bond donors (Lipinski definition) is 1. The number of allylic oxidation sites excluding steroid dienone is 1. The molecule has 0 aliphatic carbocycles. The van der Waals surface area contributed by atoms with Crippen LogP contribution in [0.25, 0.3) is 0 Å². The molecule has 1 aromatic carbocycles. The maximum absolute atomic E-state index is 11.9. The van der Waals surface area contributed by atoms with Crippen LogP contribution in [0.5, 0.6) is 0 Å². The second-order valence-corrected chi connectivity index (χ2v) is 4.61. The molecule has 1 aliphatic heterocycles. The Morgan fingerprint density at radius 3 is 2.71 bits per heavy atom. The van der Waals surface area contributed by atoms with Crippen LogP contribution in [-0.2, 0) is 0 Å². The van der Waals surface area contributed by atoms with E-state index < -0.39 is 0 Å². The summed E-state index contributed by atoms with van der Waals surface area (Å²) in [5.41, 5.74) is 0.597. The molecule has 0 aromatic heterocycles. The summed E-state index contributed by atoms with van der Waals surface area (Å²) in [5, 5.41) is 3.70. The lowest BCUT2D eigenvalue weighted by Crippen LogP contribution is -2.34. The molecule has 1 N–H and O–H groups in total. The summed E-state index contributed by atoms with van der Waals surface area (Å²) in [5.74, 6) is 0.564. The standard InChI is InChI=1S/C12H12Cl2N2O/c13-10-4-2-9(3-5-10)11(17)8-12-15-6-1-7-16(12)14/h2-5,8,15H,1,6-7H2/b12-8+. The third-order valence-corrected chi connectivity index (χ3v) is 3.10. The Hall–Kier alpha value is -1.19. The van der Waals surface area contributed by atoms with Gasteiger partial charge in [0, 0.05) is 41.5 Å². The van der Waals surface area contributed by atoms with Crippen LogP contribution in [0.1, 0.15) is 16.8 Å². The highest BCUT2D eigenvalue weighted by Gasteiger charge is 2.14. The van der Waals surface area contributed by atoms with E-state index in [9.17, 15) is 4.79 Å². The lowest BCUT2D eigenvalue weighted by Gasteiger charge is -2.25. The normalized spacial score (nSPS) is 18.0. The Labute approximate surface area is 110 Å². The van der Waals surface area contributed by atoms with E-state index >= 15 is 0 Å². The summed E-state index contributed by atoms with van der Waals surface area (Å²) in [6.07, 6.45) is 2.48. The Balaban J connectivity index is 2.15. The van der Waals surface area contributed by atoms with Crippen molar-refractivity contribution >= 4 is 29.2 Å². The van der Waals surface area contributed by atoms with Crippen molar-refractivity contribution in [3.05, 3.63) is 46.7 Å². The van der Waals surface area contributed by atoms with Crippen LogP contribution in [-0.4, -0.2) is 23.3 Å². The average molecular weight is 271 g/mol. The van der Waals surface area contributed by atoms with Crippen LogP contribution in [0.2, 0.25) is 5.02 Å². The topological polar surface area (TPSA) is 32.3 Å². The first-order chi connectivity index (χ1) is 8.16. The highest BCUT2D eigenvalue weighted by molar-refractivity contribution is 6.30. The van der Waals surface area contributed by atoms with E-state index in [2.05, 4.69) is 5.32 Å². The molecule has 0 amide bonds. The number of halogens is 2. The number of rotatable bonds is 2. The predicted octanol–water partition coefficient (Wildman–Crippen LogP) is 2.81. The lowest BCUT2D eigenvalue weighted by atomic mass is 10.1. The number of ketones is 1. The van der Waals surface area contributed by atoms with Crippen molar-refractivity contribution in [1.29, 1.82) is 0 Å². The molecule has 1 heterocycles. The van der Waals surface area contributed by atoms with E-state index in [4.69, 9.17) is 23.4 Å². The molecule has 0 unspecified atom stereocenters. The Bertz CT molecular complexity index is 442. The Morgan fingerprint density at radius 1 is 1.35 bits per heavy atom. The van der Waals surface area contributed by atoms with Crippen LogP contribution in [0.3, 0.4) is 0 Å². The van der Waals surface area contributed by atoms with Crippen molar-refractivity contribution in [2.45, 2.75) is 6.42 Å². The highest BCUT2D eigenvalue weighted by Crippen LogP contribution is 2.14. The largest absolute Gasteiger partial charge is 0.371 e. The molecule has 5 heteroatoms. The van der Waals surface area contributed by atoms with Crippen LogP contribution in [0.15, 0.2) is 36.2 Å². The van der Waals surface area contributed by atoms with Gasteiger partial charge >= 0.3 is 0 Å². The minimum atomic E-state index is -0.0864. The van der Waals surface area contributed by atoms with Gasteiger partial charge in [-0.2, -0.15) is 0 Å². The van der Waals surface area contributed by atoms with Gasteiger partial charge in [0.15, 0.2) is 5.78 Å². The van der Waals surface area contributed by atoms with E-state index in [0.717, 1.165) is 19.5 Å². The molecule has 17 heavy (non-hydrogen) atoms. The van der Waals surface area contributed by atoms with Gasteiger partial charge in [-0.05, 0) is 30.7 Å². The average Bonchev–Trinajstić information content (AvgIpc) is 2.33. The zero-order valence-corrected chi connectivity index (χ0v) is 10.6. The van der Waals surface area contributed by atoms with Gasteiger partial charge in [-0.3, -0.25) is 9.21 Å². The zero-order valence-electron chi connectivity index (χ0n) is 9.12. The fourth-order valence-corrected chi connectivity index (χ4v) is 1.94. The summed E-state index contributed by atoms with van der Waals surface area (Å²) in [7, 11) is 0. The van der Waals surface area contributed by atoms with Crippen LogP contribution in [0.4, 0.5) is 0 Å². The van der Waals surface area contributed by atoms with E-state index in [1.54, 1.807) is 24.3 Å². The highest BCUT2D eigenvalue weighted by atomic mass is 35.5. The molecule has 90 valence electrons. The fraction of sp³-hybridized carbons (Fsp3) is 0.250. The van der Waals surface area contributed by atoms with Gasteiger partial charge in [0.25, 0.3) is 0 Å². The second kappa shape index (κ2) is 5.43. The zero-order chi connectivity index (χ0) is 12.3. The maximum atomic E-state index is 11.9. The number of hydrogen-bond acceptors (Lipinski definition) is 3. The molecule has 0 atom stereocenters. The molecular formula is C12H12Cl2N2O. The number of nitrogens with one attached hydrogen (secondary N) is 1. The van der Waals surface area contributed by atoms with Gasteiger partial charge in [0.05, 0.1) is 0 Å². The second-order valence-electron chi connectivity index (χ2n) is 3.77. The minimum Gasteiger partial charge on any atom is -0.371 e. The number of carbonyl (C=O) groups excluding carboxylic acids is 1. The molecule has 3 nitrogen and oxygen atoms in total. The molecule has 0 spiro atoms. The van der Waals surface area contributed by atoms with Crippen molar-refractivity contribution in [3.8, 4) is 0 Å². The molecule has 0 radical (unpaired) electrons. The smallest absolute Gasteiger partial charge is 0.189 e. The first-order valence-electron chi connectivity index (χ1n) is 5.35. The van der Waals surface area contributed by atoms with E-state index in [-0.39, 0.29) is 5.78 Å². The molecule has 0 saturated carbocycles. The molecule has 2 rings (SSSR count). The van der Waals surface area contributed by atoms with Crippen LogP contribution < -0.4 is 5.32 Å². The van der Waals surface area contributed by atoms with Crippen molar-refractivity contribution in [1.82, 2.24) is 9.74 Å². The first kappa shape index (κ1) is 12.3. The maximum Gasteiger partial charge on any atom is 0.189 e. The monoisotopic (exact) mass is 270 g/mol. The predicted molar refractivity (Wildman–Crippen MR) is 69.0 cm³/mol. The summed E-state index contributed by atoms with van der Waals surface area (Å²) in [4.78, 5) is 11.9. The number of nitrogens with zero attached hydrogens (tertiary/aromatic N) is 1. The van der Waals surface area contributed by atoms with E-state index in [1.807, 2.05) is 0 Å². The van der Waals surface area contributed by atoms with Crippen molar-refractivity contribution in [2.75, 3.05) is 13.1 Å². The SMILES string of the molecule is O=C(/C=C1\NCCCN1Cl)c1ccc(Cl)cc1. The summed E-state index contributed by atoms with van der Waals surface area (Å²) >= 11 is 11.7. The summed E-state index contributed by atoms with van der Waals surface area (Å²) in [6, 6.07) is 6.78. The van der Waals surface area contributed by atoms with Crippen LogP contribution in [0, 0.1) is 0 Å². The lowest BCUT2D eigenvalue weighted by molar-refractivity contribution is 0.104. The fourth-order valence-electron chi connectivity index (χ4n) is 1.58. The van der Waals surface area contributed by atoms with Crippen molar-refractivity contribution < 1.29 is 4.79 Å². The van der Waals surface area contributed by atoms with Gasteiger partial charge in [0.1, 0.15) is 5.82 Å². The van der Waals surface area contributed by atoms with Crippen molar-refractivity contribution in [3.63, 3.8) is 0 Å². The minimum absolute atomic E-state index is 0.0864. The molecule has 1 aromatic rings. The van der Waals surface area contributed by atoms with Gasteiger partial charge in [-0.25, -0.2) is 0 Å².